The van der Waals surface area contributed by atoms with Crippen LogP contribution >= 0.6 is 0 Å². The number of nitrogens with one attached hydrogen (secondary N) is 1. The van der Waals surface area contributed by atoms with E-state index in [1.165, 1.54) is 18.1 Å². The van der Waals surface area contributed by atoms with E-state index < -0.39 is 0 Å². The molecule has 0 aliphatic carbocycles. The van der Waals surface area contributed by atoms with Crippen molar-refractivity contribution >= 4 is 5.91 Å². The Morgan fingerprint density at radius 2 is 1.84 bits per heavy atom. The van der Waals surface area contributed by atoms with Crippen LogP contribution in [0.3, 0.4) is 0 Å². The molecule has 1 aromatic carbocycles. The third-order valence-electron chi connectivity index (χ3n) is 3.24. The van der Waals surface area contributed by atoms with Crippen LogP contribution in [0.25, 0.3) is 0 Å². The largest absolute Gasteiger partial charge is 0.396 e. The number of hydrogen-bond donors (Lipinski definition) is 2. The van der Waals surface area contributed by atoms with Gasteiger partial charge in [-0.15, -0.1) is 0 Å². The normalized spacial score (nSPS) is 13.1. The molecule has 2 N–H and O–H groups in total. The molecule has 0 aliphatic heterocycles. The summed E-state index contributed by atoms with van der Waals surface area (Å²) in [5.41, 5.74) is 2.65. The first-order valence-electron chi connectivity index (χ1n) is 6.77. The Morgan fingerprint density at radius 3 is 2.26 bits per heavy atom. The van der Waals surface area contributed by atoms with E-state index in [-0.39, 0.29) is 23.8 Å². The van der Waals surface area contributed by atoms with Crippen LogP contribution in [0.2, 0.25) is 0 Å². The summed E-state index contributed by atoms with van der Waals surface area (Å²) in [7, 11) is 0. The van der Waals surface area contributed by atoms with E-state index in [1.807, 2.05) is 0 Å². The van der Waals surface area contributed by atoms with Gasteiger partial charge >= 0.3 is 0 Å². The molecule has 0 spiro atoms. The van der Waals surface area contributed by atoms with Crippen LogP contribution in [0.4, 0.5) is 0 Å². The second kappa shape index (κ2) is 6.71. The Kier molecular flexibility index (Phi) is 5.55. The van der Waals surface area contributed by atoms with Crippen LogP contribution in [0.15, 0.2) is 24.3 Å². The second-order valence-corrected chi connectivity index (χ2v) is 6.14. The molecular weight excluding hydrogens is 238 g/mol. The molecule has 19 heavy (non-hydrogen) atoms. The predicted octanol–water partition coefficient (Wildman–Crippen LogP) is 2.27. The summed E-state index contributed by atoms with van der Waals surface area (Å²) in [5.74, 6) is 0.0194. The van der Waals surface area contributed by atoms with Gasteiger partial charge in [-0.3, -0.25) is 4.79 Å². The zero-order valence-corrected chi connectivity index (χ0v) is 12.4. The summed E-state index contributed by atoms with van der Waals surface area (Å²) in [4.78, 5) is 10.9. The van der Waals surface area contributed by atoms with Gasteiger partial charge < -0.3 is 10.4 Å². The minimum Gasteiger partial charge on any atom is -0.396 e. The van der Waals surface area contributed by atoms with Crippen molar-refractivity contribution in [2.45, 2.75) is 39.5 Å². The predicted molar refractivity (Wildman–Crippen MR) is 78.1 cm³/mol. The monoisotopic (exact) mass is 263 g/mol. The molecule has 0 bridgehead atoms. The number of aliphatic hydroxyl groups is 1. The first-order chi connectivity index (χ1) is 8.82. The summed E-state index contributed by atoms with van der Waals surface area (Å²) in [6.07, 6.45) is 0.779. The standard InChI is InChI=1S/C16H25NO2/c1-12(19)17-10-14(11-18)9-13-5-7-15(8-6-13)16(2,3)4/h5-8,14,18H,9-11H2,1-4H3,(H,17,19). The summed E-state index contributed by atoms with van der Waals surface area (Å²) < 4.78 is 0. The number of amides is 1. The van der Waals surface area contributed by atoms with Gasteiger partial charge in [0.1, 0.15) is 0 Å². The van der Waals surface area contributed by atoms with E-state index in [1.54, 1.807) is 0 Å². The molecule has 1 rings (SSSR count). The lowest BCUT2D eigenvalue weighted by Gasteiger charge is -2.20. The van der Waals surface area contributed by atoms with Gasteiger partial charge in [0.05, 0.1) is 0 Å². The number of carbonyl (C=O) groups excluding carboxylic acids is 1. The summed E-state index contributed by atoms with van der Waals surface area (Å²) >= 11 is 0. The highest BCUT2D eigenvalue weighted by molar-refractivity contribution is 5.72. The van der Waals surface area contributed by atoms with Crippen LogP contribution < -0.4 is 5.32 Å². The molecule has 0 saturated carbocycles. The van der Waals surface area contributed by atoms with Crippen molar-refractivity contribution < 1.29 is 9.90 Å². The van der Waals surface area contributed by atoms with Gasteiger partial charge in [-0.05, 0) is 23.0 Å². The van der Waals surface area contributed by atoms with Crippen molar-refractivity contribution in [1.82, 2.24) is 5.32 Å². The fourth-order valence-electron chi connectivity index (χ4n) is 1.96. The molecule has 1 aromatic rings. The van der Waals surface area contributed by atoms with E-state index in [9.17, 15) is 9.90 Å². The number of benzene rings is 1. The highest BCUT2D eigenvalue weighted by Crippen LogP contribution is 2.22. The molecule has 0 fully saturated rings. The molecule has 3 heteroatoms. The van der Waals surface area contributed by atoms with E-state index in [0.717, 1.165) is 6.42 Å². The quantitative estimate of drug-likeness (QED) is 0.856. The lowest BCUT2D eigenvalue weighted by molar-refractivity contribution is -0.119. The number of aliphatic hydroxyl groups excluding tert-OH is 1. The van der Waals surface area contributed by atoms with E-state index >= 15 is 0 Å². The lowest BCUT2D eigenvalue weighted by atomic mass is 9.86. The second-order valence-electron chi connectivity index (χ2n) is 6.14. The van der Waals surface area contributed by atoms with Gasteiger partial charge in [-0.1, -0.05) is 45.0 Å². The lowest BCUT2D eigenvalue weighted by Crippen LogP contribution is -2.30. The van der Waals surface area contributed by atoms with Gasteiger partial charge in [0.25, 0.3) is 0 Å². The average molecular weight is 263 g/mol. The first-order valence-corrected chi connectivity index (χ1v) is 6.77. The zero-order valence-electron chi connectivity index (χ0n) is 12.4. The minimum atomic E-state index is -0.0541. The molecule has 0 aromatic heterocycles. The maximum atomic E-state index is 10.9. The maximum Gasteiger partial charge on any atom is 0.216 e. The number of carbonyl (C=O) groups is 1. The van der Waals surface area contributed by atoms with Gasteiger partial charge in [0, 0.05) is 26.0 Å². The smallest absolute Gasteiger partial charge is 0.216 e. The third-order valence-corrected chi connectivity index (χ3v) is 3.24. The van der Waals surface area contributed by atoms with Gasteiger partial charge in [-0.2, -0.15) is 0 Å². The fourth-order valence-corrected chi connectivity index (χ4v) is 1.96. The highest BCUT2D eigenvalue weighted by atomic mass is 16.3. The average Bonchev–Trinajstić information content (AvgIpc) is 2.33. The molecule has 3 nitrogen and oxygen atoms in total. The van der Waals surface area contributed by atoms with Crippen LogP contribution in [-0.4, -0.2) is 24.2 Å². The number of rotatable bonds is 5. The van der Waals surface area contributed by atoms with Crippen molar-refractivity contribution in [2.75, 3.05) is 13.2 Å². The molecule has 0 radical (unpaired) electrons. The Bertz CT molecular complexity index is 404. The minimum absolute atomic E-state index is 0.0541. The highest BCUT2D eigenvalue weighted by Gasteiger charge is 2.14. The third kappa shape index (κ3) is 5.43. The van der Waals surface area contributed by atoms with Crippen molar-refractivity contribution in [1.29, 1.82) is 0 Å². The fraction of sp³-hybridized carbons (Fsp3) is 0.562. The first kappa shape index (κ1) is 15.7. The van der Waals surface area contributed by atoms with Crippen LogP contribution in [0.1, 0.15) is 38.8 Å². The van der Waals surface area contributed by atoms with Gasteiger partial charge in [-0.25, -0.2) is 0 Å². The topological polar surface area (TPSA) is 49.3 Å². The Morgan fingerprint density at radius 1 is 1.26 bits per heavy atom. The molecule has 1 atom stereocenters. The summed E-state index contributed by atoms with van der Waals surface area (Å²) in [5, 5.41) is 12.1. The van der Waals surface area contributed by atoms with Crippen molar-refractivity contribution in [3.8, 4) is 0 Å². The molecule has 0 heterocycles. The Balaban J connectivity index is 2.63. The Hall–Kier alpha value is -1.35. The molecule has 0 aliphatic rings. The summed E-state index contributed by atoms with van der Waals surface area (Å²) in [6.45, 7) is 8.67. The molecule has 1 unspecified atom stereocenters. The zero-order chi connectivity index (χ0) is 14.5. The maximum absolute atomic E-state index is 10.9. The molecule has 0 saturated heterocycles. The number of hydrogen-bond acceptors (Lipinski definition) is 2. The summed E-state index contributed by atoms with van der Waals surface area (Å²) in [6, 6.07) is 8.50. The Labute approximate surface area is 116 Å². The molecular formula is C16H25NO2. The van der Waals surface area contributed by atoms with Crippen molar-refractivity contribution in [2.24, 2.45) is 5.92 Å². The SMILES string of the molecule is CC(=O)NCC(CO)Cc1ccc(C(C)(C)C)cc1. The van der Waals surface area contributed by atoms with Crippen LogP contribution in [0, 0.1) is 5.92 Å². The van der Waals surface area contributed by atoms with Crippen LogP contribution in [-0.2, 0) is 16.6 Å². The van der Waals surface area contributed by atoms with Crippen molar-refractivity contribution in [3.05, 3.63) is 35.4 Å². The van der Waals surface area contributed by atoms with E-state index in [4.69, 9.17) is 0 Å². The molecule has 1 amide bonds. The van der Waals surface area contributed by atoms with E-state index in [2.05, 4.69) is 50.4 Å². The molecule has 106 valence electrons. The van der Waals surface area contributed by atoms with E-state index in [0.29, 0.717) is 6.54 Å². The van der Waals surface area contributed by atoms with Gasteiger partial charge in [0.2, 0.25) is 5.91 Å². The van der Waals surface area contributed by atoms with Gasteiger partial charge in [0.15, 0.2) is 0 Å². The van der Waals surface area contributed by atoms with Crippen molar-refractivity contribution in [3.63, 3.8) is 0 Å². The van der Waals surface area contributed by atoms with Crippen LogP contribution in [0.5, 0.6) is 0 Å².